The van der Waals surface area contributed by atoms with Gasteiger partial charge in [-0.15, -0.1) is 0 Å². The van der Waals surface area contributed by atoms with Gasteiger partial charge in [-0.05, 0) is 27.2 Å². The van der Waals surface area contributed by atoms with Crippen LogP contribution in [-0.4, -0.2) is 47.8 Å². The average Bonchev–Trinajstić information content (AvgIpc) is 2.07. The first-order valence-electron chi connectivity index (χ1n) is 5.15. The number of nitrogens with zero attached hydrogens (tertiary/aromatic N) is 1. The van der Waals surface area contributed by atoms with Crippen molar-refractivity contribution in [1.82, 2.24) is 10.2 Å². The third-order valence-electron chi connectivity index (χ3n) is 2.82. The van der Waals surface area contributed by atoms with Crippen LogP contribution in [0.3, 0.4) is 0 Å². The summed E-state index contributed by atoms with van der Waals surface area (Å²) in [6, 6.07) is 0.576. The predicted molar refractivity (Wildman–Crippen MR) is 54.8 cm³/mol. The van der Waals surface area contributed by atoms with Crippen LogP contribution in [0.15, 0.2) is 0 Å². The Morgan fingerprint density at radius 1 is 1.54 bits per heavy atom. The van der Waals surface area contributed by atoms with Crippen LogP contribution in [0, 0.1) is 0 Å². The molecule has 13 heavy (non-hydrogen) atoms. The monoisotopic (exact) mass is 186 g/mol. The zero-order chi connectivity index (χ0) is 9.90. The van der Waals surface area contributed by atoms with Crippen LogP contribution >= 0.6 is 0 Å². The molecule has 1 aliphatic rings. The molecular formula is C10H22N2O. The van der Waals surface area contributed by atoms with Gasteiger partial charge in [-0.25, -0.2) is 0 Å². The molecule has 78 valence electrons. The average molecular weight is 186 g/mol. The molecule has 0 spiro atoms. The van der Waals surface area contributed by atoms with Crippen molar-refractivity contribution in [2.24, 2.45) is 0 Å². The summed E-state index contributed by atoms with van der Waals surface area (Å²) >= 11 is 0. The van der Waals surface area contributed by atoms with Crippen LogP contribution in [0.1, 0.15) is 27.2 Å². The van der Waals surface area contributed by atoms with Gasteiger partial charge in [0.1, 0.15) is 0 Å². The van der Waals surface area contributed by atoms with Gasteiger partial charge in [0.05, 0.1) is 0 Å². The van der Waals surface area contributed by atoms with E-state index in [1.807, 2.05) is 0 Å². The minimum absolute atomic E-state index is 0.238. The molecule has 0 unspecified atom stereocenters. The van der Waals surface area contributed by atoms with Gasteiger partial charge >= 0.3 is 0 Å². The van der Waals surface area contributed by atoms with Gasteiger partial charge in [0, 0.05) is 37.8 Å². The van der Waals surface area contributed by atoms with Gasteiger partial charge < -0.3 is 10.4 Å². The normalized spacial score (nSPS) is 29.1. The molecule has 0 saturated carbocycles. The first kappa shape index (κ1) is 11.0. The van der Waals surface area contributed by atoms with Crippen molar-refractivity contribution in [2.45, 2.75) is 38.8 Å². The second kappa shape index (κ2) is 4.40. The van der Waals surface area contributed by atoms with E-state index in [0.717, 1.165) is 26.1 Å². The molecular weight excluding hydrogens is 164 g/mol. The maximum Gasteiger partial charge on any atom is 0.0443 e. The van der Waals surface area contributed by atoms with Crippen LogP contribution in [0.2, 0.25) is 0 Å². The molecule has 0 aromatic carbocycles. The van der Waals surface area contributed by atoms with Crippen molar-refractivity contribution in [2.75, 3.05) is 26.2 Å². The van der Waals surface area contributed by atoms with Crippen LogP contribution in [-0.2, 0) is 0 Å². The highest BCUT2D eigenvalue weighted by molar-refractivity contribution is 4.91. The molecule has 0 amide bonds. The Hall–Kier alpha value is -0.120. The molecule has 1 rings (SSSR count). The molecule has 0 aromatic heterocycles. The lowest BCUT2D eigenvalue weighted by molar-refractivity contribution is 0.0638. The summed E-state index contributed by atoms with van der Waals surface area (Å²) in [6.45, 7) is 10.2. The van der Waals surface area contributed by atoms with Gasteiger partial charge in [0.25, 0.3) is 0 Å². The standard InChI is InChI=1S/C10H22N2O/c1-9-7-12(5-4-6-13)10(2,3)8-11-9/h9,11,13H,4-8H2,1-3H3/t9-/m0/s1. The Morgan fingerprint density at radius 3 is 2.85 bits per heavy atom. The number of hydrogen-bond acceptors (Lipinski definition) is 3. The molecule has 1 heterocycles. The van der Waals surface area contributed by atoms with E-state index in [0.29, 0.717) is 12.6 Å². The summed E-state index contributed by atoms with van der Waals surface area (Å²) in [5.41, 5.74) is 0.238. The van der Waals surface area contributed by atoms with Crippen LogP contribution in [0.25, 0.3) is 0 Å². The van der Waals surface area contributed by atoms with E-state index in [4.69, 9.17) is 5.11 Å². The van der Waals surface area contributed by atoms with Crippen LogP contribution in [0.5, 0.6) is 0 Å². The fraction of sp³-hybridized carbons (Fsp3) is 1.00. The zero-order valence-corrected chi connectivity index (χ0v) is 9.01. The molecule has 3 nitrogen and oxygen atoms in total. The molecule has 1 aliphatic heterocycles. The largest absolute Gasteiger partial charge is 0.396 e. The number of aliphatic hydroxyl groups excluding tert-OH is 1. The van der Waals surface area contributed by atoms with E-state index in [1.165, 1.54) is 0 Å². The number of hydrogen-bond donors (Lipinski definition) is 2. The second-order valence-corrected chi connectivity index (χ2v) is 4.62. The van der Waals surface area contributed by atoms with Gasteiger partial charge in [-0.1, -0.05) is 0 Å². The van der Waals surface area contributed by atoms with E-state index in [9.17, 15) is 0 Å². The third kappa shape index (κ3) is 2.93. The van der Waals surface area contributed by atoms with E-state index < -0.39 is 0 Å². The maximum atomic E-state index is 8.79. The Kier molecular flexibility index (Phi) is 3.71. The van der Waals surface area contributed by atoms with Gasteiger partial charge in [0.2, 0.25) is 0 Å². The van der Waals surface area contributed by atoms with E-state index in [-0.39, 0.29) is 5.54 Å². The van der Waals surface area contributed by atoms with Gasteiger partial charge in [-0.3, -0.25) is 4.90 Å². The summed E-state index contributed by atoms with van der Waals surface area (Å²) in [6.07, 6.45) is 0.885. The van der Waals surface area contributed by atoms with E-state index in [1.54, 1.807) is 0 Å². The number of rotatable bonds is 3. The van der Waals surface area contributed by atoms with Crippen molar-refractivity contribution in [1.29, 1.82) is 0 Å². The lowest BCUT2D eigenvalue weighted by Crippen LogP contribution is -2.61. The highest BCUT2D eigenvalue weighted by Gasteiger charge is 2.31. The van der Waals surface area contributed by atoms with Crippen molar-refractivity contribution >= 4 is 0 Å². The number of piperazine rings is 1. The van der Waals surface area contributed by atoms with E-state index >= 15 is 0 Å². The molecule has 2 N–H and O–H groups in total. The Bertz CT molecular complexity index is 159. The van der Waals surface area contributed by atoms with Crippen LogP contribution in [0.4, 0.5) is 0 Å². The molecule has 1 fully saturated rings. The quantitative estimate of drug-likeness (QED) is 0.671. The summed E-state index contributed by atoms with van der Waals surface area (Å²) in [7, 11) is 0. The molecule has 1 saturated heterocycles. The predicted octanol–water partition coefficient (Wildman–Crippen LogP) is 0.441. The summed E-state index contributed by atoms with van der Waals surface area (Å²) in [4.78, 5) is 2.46. The number of nitrogens with one attached hydrogen (secondary N) is 1. The minimum atomic E-state index is 0.238. The minimum Gasteiger partial charge on any atom is -0.396 e. The van der Waals surface area contributed by atoms with Crippen molar-refractivity contribution in [3.63, 3.8) is 0 Å². The van der Waals surface area contributed by atoms with Gasteiger partial charge in [-0.2, -0.15) is 0 Å². The fourth-order valence-corrected chi connectivity index (χ4v) is 1.83. The molecule has 0 radical (unpaired) electrons. The molecule has 0 aromatic rings. The third-order valence-corrected chi connectivity index (χ3v) is 2.82. The maximum absolute atomic E-state index is 8.79. The summed E-state index contributed by atoms with van der Waals surface area (Å²) in [5, 5.41) is 12.3. The van der Waals surface area contributed by atoms with Crippen molar-refractivity contribution in [3.8, 4) is 0 Å². The topological polar surface area (TPSA) is 35.5 Å². The smallest absolute Gasteiger partial charge is 0.0443 e. The Morgan fingerprint density at radius 2 is 2.23 bits per heavy atom. The first-order valence-corrected chi connectivity index (χ1v) is 5.15. The second-order valence-electron chi connectivity index (χ2n) is 4.62. The Labute approximate surface area is 81.1 Å². The zero-order valence-electron chi connectivity index (χ0n) is 9.01. The summed E-state index contributed by atoms with van der Waals surface area (Å²) < 4.78 is 0. The fourth-order valence-electron chi connectivity index (χ4n) is 1.83. The highest BCUT2D eigenvalue weighted by Crippen LogP contribution is 2.18. The summed E-state index contributed by atoms with van der Waals surface area (Å²) in [5.74, 6) is 0. The van der Waals surface area contributed by atoms with Crippen molar-refractivity contribution < 1.29 is 5.11 Å². The van der Waals surface area contributed by atoms with Crippen molar-refractivity contribution in [3.05, 3.63) is 0 Å². The lowest BCUT2D eigenvalue weighted by atomic mass is 9.97. The van der Waals surface area contributed by atoms with Crippen LogP contribution < -0.4 is 5.32 Å². The Balaban J connectivity index is 2.46. The molecule has 0 bridgehead atoms. The first-order chi connectivity index (χ1) is 6.06. The van der Waals surface area contributed by atoms with Gasteiger partial charge in [0.15, 0.2) is 0 Å². The lowest BCUT2D eigenvalue weighted by Gasteiger charge is -2.45. The molecule has 3 heteroatoms. The van der Waals surface area contributed by atoms with E-state index in [2.05, 4.69) is 31.0 Å². The molecule has 0 aliphatic carbocycles. The SMILES string of the molecule is C[C@H]1CN(CCCO)C(C)(C)CN1. The number of aliphatic hydroxyl groups is 1. The molecule has 1 atom stereocenters. The highest BCUT2D eigenvalue weighted by atomic mass is 16.3.